The fraction of sp³-hybridized carbons (Fsp3) is 1.00. The van der Waals surface area contributed by atoms with E-state index in [-0.39, 0.29) is 5.41 Å². The van der Waals surface area contributed by atoms with Crippen molar-refractivity contribution in [1.82, 2.24) is 0 Å². The van der Waals surface area contributed by atoms with Crippen LogP contribution in [-0.4, -0.2) is 33.8 Å². The molecule has 1 unspecified atom stereocenters. The second-order valence-corrected chi connectivity index (χ2v) is 6.49. The highest BCUT2D eigenvalue weighted by molar-refractivity contribution is 6.40. The molecule has 2 N–H and O–H groups in total. The summed E-state index contributed by atoms with van der Waals surface area (Å²) in [6.45, 7) is 9.58. The first-order valence-corrected chi connectivity index (χ1v) is 7.13. The van der Waals surface area contributed by atoms with E-state index >= 15 is 0 Å². The molecule has 0 radical (unpaired) electrons. The maximum atomic E-state index is 6.03. The molecular weight excluding hydrogens is 194 g/mol. The second kappa shape index (κ2) is 7.40. The van der Waals surface area contributed by atoms with E-state index in [1.54, 1.807) is 0 Å². The van der Waals surface area contributed by atoms with Gasteiger partial charge in [0.25, 0.3) is 0 Å². The topological polar surface area (TPSA) is 44.5 Å². The highest BCUT2D eigenvalue weighted by Crippen LogP contribution is 2.13. The summed E-state index contributed by atoms with van der Waals surface area (Å²) in [5.74, 6) is 0. The predicted octanol–water partition coefficient (Wildman–Crippen LogP) is 0.987. The predicted molar refractivity (Wildman–Crippen MR) is 63.1 cm³/mol. The SMILES string of the molecule is CCCC(N)[SiH2]C(C)(OCC)OCC. The van der Waals surface area contributed by atoms with Gasteiger partial charge in [0.15, 0.2) is 0 Å². The van der Waals surface area contributed by atoms with E-state index in [0.717, 1.165) is 12.8 Å². The first kappa shape index (κ1) is 14.1. The molecule has 0 aliphatic heterocycles. The average molecular weight is 219 g/mol. The molecule has 0 fully saturated rings. The van der Waals surface area contributed by atoms with Gasteiger partial charge in [0, 0.05) is 13.2 Å². The summed E-state index contributed by atoms with van der Waals surface area (Å²) >= 11 is 0. The first-order valence-electron chi connectivity index (χ1n) is 5.61. The van der Waals surface area contributed by atoms with Crippen LogP contribution in [0, 0.1) is 0 Å². The van der Waals surface area contributed by atoms with Gasteiger partial charge in [-0.05, 0) is 32.9 Å². The Labute approximate surface area is 90.2 Å². The number of nitrogens with two attached hydrogens (primary N) is 1. The second-order valence-electron chi connectivity index (χ2n) is 3.75. The number of hydrogen-bond donors (Lipinski definition) is 1. The Morgan fingerprint density at radius 3 is 2.07 bits per heavy atom. The van der Waals surface area contributed by atoms with Gasteiger partial charge in [-0.25, -0.2) is 0 Å². The van der Waals surface area contributed by atoms with Crippen LogP contribution in [0.4, 0.5) is 0 Å². The molecule has 0 aliphatic rings. The molecular formula is C10H25NO2Si. The minimum Gasteiger partial charge on any atom is -0.355 e. The van der Waals surface area contributed by atoms with Crippen molar-refractivity contribution in [3.05, 3.63) is 0 Å². The zero-order chi connectivity index (χ0) is 11.0. The molecule has 0 saturated carbocycles. The smallest absolute Gasteiger partial charge is 0.143 e. The molecule has 0 bridgehead atoms. The van der Waals surface area contributed by atoms with Gasteiger partial charge < -0.3 is 15.2 Å². The maximum Gasteiger partial charge on any atom is 0.143 e. The Bertz CT molecular complexity index is 138. The summed E-state index contributed by atoms with van der Waals surface area (Å²) in [7, 11) is -0.546. The van der Waals surface area contributed by atoms with Crippen molar-refractivity contribution in [3.8, 4) is 0 Å². The van der Waals surface area contributed by atoms with E-state index in [1.165, 1.54) is 0 Å². The Morgan fingerprint density at radius 2 is 1.71 bits per heavy atom. The van der Waals surface area contributed by atoms with Crippen molar-refractivity contribution in [1.29, 1.82) is 0 Å². The van der Waals surface area contributed by atoms with Crippen molar-refractivity contribution < 1.29 is 9.47 Å². The van der Waals surface area contributed by atoms with Crippen molar-refractivity contribution in [3.63, 3.8) is 0 Å². The lowest BCUT2D eigenvalue weighted by Crippen LogP contribution is -2.48. The van der Waals surface area contributed by atoms with Crippen molar-refractivity contribution in [2.24, 2.45) is 5.73 Å². The molecule has 3 nitrogen and oxygen atoms in total. The van der Waals surface area contributed by atoms with Gasteiger partial charge in [-0.1, -0.05) is 13.3 Å². The lowest BCUT2D eigenvalue weighted by atomic mass is 10.3. The van der Waals surface area contributed by atoms with Crippen LogP contribution in [0.15, 0.2) is 0 Å². The van der Waals surface area contributed by atoms with Gasteiger partial charge in [-0.3, -0.25) is 0 Å². The fourth-order valence-corrected chi connectivity index (χ4v) is 3.93. The largest absolute Gasteiger partial charge is 0.355 e. The zero-order valence-corrected chi connectivity index (χ0v) is 11.4. The minimum atomic E-state index is -0.546. The van der Waals surface area contributed by atoms with Crippen LogP contribution in [0.2, 0.25) is 0 Å². The molecule has 0 aromatic heterocycles. The minimum absolute atomic E-state index is 0.308. The van der Waals surface area contributed by atoms with Gasteiger partial charge in [0.1, 0.15) is 14.9 Å². The third kappa shape index (κ3) is 5.75. The summed E-state index contributed by atoms with van der Waals surface area (Å²) in [5, 5.41) is 0. The van der Waals surface area contributed by atoms with Crippen LogP contribution in [0.5, 0.6) is 0 Å². The van der Waals surface area contributed by atoms with E-state index in [9.17, 15) is 0 Å². The van der Waals surface area contributed by atoms with Crippen LogP contribution in [0.3, 0.4) is 0 Å². The quantitative estimate of drug-likeness (QED) is 0.489. The van der Waals surface area contributed by atoms with E-state index in [4.69, 9.17) is 15.2 Å². The van der Waals surface area contributed by atoms with Crippen LogP contribution in [-0.2, 0) is 9.47 Å². The normalized spacial score (nSPS) is 15.2. The average Bonchev–Trinajstić information content (AvgIpc) is 2.04. The van der Waals surface area contributed by atoms with Gasteiger partial charge in [0.05, 0.1) is 0 Å². The molecule has 14 heavy (non-hydrogen) atoms. The standard InChI is InChI=1S/C10H25NO2Si/c1-5-8-9(11)14-10(4,12-6-2)13-7-3/h9H,5-8,11,14H2,1-4H3. The lowest BCUT2D eigenvalue weighted by molar-refractivity contribution is -0.163. The number of hydrogen-bond acceptors (Lipinski definition) is 3. The molecule has 0 aromatic rings. The lowest BCUT2D eigenvalue weighted by Gasteiger charge is -2.31. The maximum absolute atomic E-state index is 6.03. The molecule has 1 atom stereocenters. The summed E-state index contributed by atoms with van der Waals surface area (Å²) < 4.78 is 11.3. The Morgan fingerprint density at radius 1 is 1.21 bits per heavy atom. The van der Waals surface area contributed by atoms with Crippen LogP contribution >= 0.6 is 0 Å². The van der Waals surface area contributed by atoms with E-state index in [1.807, 2.05) is 20.8 Å². The van der Waals surface area contributed by atoms with Gasteiger partial charge in [-0.2, -0.15) is 0 Å². The van der Waals surface area contributed by atoms with E-state index < -0.39 is 9.52 Å². The molecule has 4 heteroatoms. The van der Waals surface area contributed by atoms with Gasteiger partial charge in [0.2, 0.25) is 0 Å². The monoisotopic (exact) mass is 219 g/mol. The summed E-state index contributed by atoms with van der Waals surface area (Å²) in [6, 6.07) is 0. The van der Waals surface area contributed by atoms with E-state index in [2.05, 4.69) is 6.92 Å². The highest BCUT2D eigenvalue weighted by atomic mass is 28.2. The summed E-state index contributed by atoms with van der Waals surface area (Å²) in [5.41, 5.74) is 5.98. The fourth-order valence-electron chi connectivity index (χ4n) is 1.72. The van der Waals surface area contributed by atoms with E-state index in [0.29, 0.717) is 18.9 Å². The molecule has 0 aliphatic carbocycles. The van der Waals surface area contributed by atoms with Crippen LogP contribution in [0.1, 0.15) is 40.5 Å². The highest BCUT2D eigenvalue weighted by Gasteiger charge is 2.27. The first-order chi connectivity index (χ1) is 6.58. The molecule has 0 amide bonds. The molecule has 0 saturated heterocycles. The van der Waals surface area contributed by atoms with Crippen LogP contribution < -0.4 is 5.73 Å². The zero-order valence-electron chi connectivity index (χ0n) is 10.0. The Balaban J connectivity index is 4.05. The number of ether oxygens (including phenoxy) is 2. The summed E-state index contributed by atoms with van der Waals surface area (Å²) in [4.78, 5) is 0. The molecule has 0 rings (SSSR count). The number of rotatable bonds is 8. The summed E-state index contributed by atoms with van der Waals surface area (Å²) in [6.07, 6.45) is 2.23. The van der Waals surface area contributed by atoms with Crippen LogP contribution in [0.25, 0.3) is 0 Å². The van der Waals surface area contributed by atoms with Crippen molar-refractivity contribution >= 4 is 9.52 Å². The molecule has 0 heterocycles. The van der Waals surface area contributed by atoms with Crippen molar-refractivity contribution in [2.45, 2.75) is 51.6 Å². The van der Waals surface area contributed by atoms with Gasteiger partial charge in [-0.15, -0.1) is 0 Å². The van der Waals surface area contributed by atoms with Crippen molar-refractivity contribution in [2.75, 3.05) is 13.2 Å². The Kier molecular flexibility index (Phi) is 7.45. The third-order valence-electron chi connectivity index (χ3n) is 2.19. The Hall–Kier alpha value is 0.0969. The molecule has 0 aromatic carbocycles. The van der Waals surface area contributed by atoms with Gasteiger partial charge >= 0.3 is 0 Å². The molecule has 86 valence electrons. The molecule has 0 spiro atoms. The third-order valence-corrected chi connectivity index (χ3v) is 4.27.